The average molecular weight is 286 g/mol. The van der Waals surface area contributed by atoms with Crippen molar-refractivity contribution in [2.75, 3.05) is 33.2 Å². The second-order valence-corrected chi connectivity index (χ2v) is 6.08. The Hall–Kier alpha value is -1.36. The van der Waals surface area contributed by atoms with Gasteiger partial charge in [0, 0.05) is 62.9 Å². The molecule has 4 heteroatoms. The van der Waals surface area contributed by atoms with Crippen LogP contribution in [0.2, 0.25) is 0 Å². The van der Waals surface area contributed by atoms with Crippen molar-refractivity contribution in [1.29, 1.82) is 0 Å². The molecule has 0 saturated carbocycles. The fourth-order valence-electron chi connectivity index (χ4n) is 3.18. The highest BCUT2D eigenvalue weighted by Crippen LogP contribution is 2.24. The molecule has 4 nitrogen and oxygen atoms in total. The lowest BCUT2D eigenvalue weighted by Gasteiger charge is -2.32. The number of piperazine rings is 1. The summed E-state index contributed by atoms with van der Waals surface area (Å²) in [5, 5.41) is 1.37. The lowest BCUT2D eigenvalue weighted by atomic mass is 10.1. The lowest BCUT2D eigenvalue weighted by Crippen LogP contribution is -2.43. The van der Waals surface area contributed by atoms with Crippen molar-refractivity contribution in [2.45, 2.75) is 26.6 Å². The molecule has 2 aromatic rings. The van der Waals surface area contributed by atoms with Crippen LogP contribution in [0.1, 0.15) is 18.1 Å². The van der Waals surface area contributed by atoms with Gasteiger partial charge >= 0.3 is 0 Å². The van der Waals surface area contributed by atoms with Crippen LogP contribution in [-0.4, -0.2) is 47.6 Å². The van der Waals surface area contributed by atoms with Gasteiger partial charge in [0.25, 0.3) is 0 Å². The molecule has 0 radical (unpaired) electrons. The fraction of sp³-hybridized carbons (Fsp3) is 0.529. The summed E-state index contributed by atoms with van der Waals surface area (Å²) in [5.74, 6) is 0. The Bertz CT molecular complexity index is 609. The number of nitrogens with two attached hydrogens (primary N) is 1. The molecule has 1 aromatic heterocycles. The average Bonchev–Trinajstić information content (AvgIpc) is 2.86. The lowest BCUT2D eigenvalue weighted by molar-refractivity contribution is 0.148. The van der Waals surface area contributed by atoms with Crippen LogP contribution in [0.4, 0.5) is 0 Å². The zero-order valence-electron chi connectivity index (χ0n) is 13.2. The van der Waals surface area contributed by atoms with E-state index in [1.807, 2.05) is 0 Å². The van der Waals surface area contributed by atoms with Crippen molar-refractivity contribution >= 4 is 10.9 Å². The van der Waals surface area contributed by atoms with Crippen molar-refractivity contribution < 1.29 is 0 Å². The van der Waals surface area contributed by atoms with Gasteiger partial charge in [-0.25, -0.2) is 0 Å². The highest BCUT2D eigenvalue weighted by molar-refractivity contribution is 5.84. The predicted molar refractivity (Wildman–Crippen MR) is 88.3 cm³/mol. The van der Waals surface area contributed by atoms with Crippen LogP contribution in [-0.2, 0) is 19.6 Å². The van der Waals surface area contributed by atoms with E-state index in [9.17, 15) is 0 Å². The van der Waals surface area contributed by atoms with E-state index in [-0.39, 0.29) is 0 Å². The molecule has 0 bridgehead atoms. The molecule has 0 aliphatic carbocycles. The number of rotatable bonds is 4. The van der Waals surface area contributed by atoms with E-state index in [1.54, 1.807) is 0 Å². The Kier molecular flexibility index (Phi) is 4.29. The maximum absolute atomic E-state index is 5.81. The first kappa shape index (κ1) is 14.6. The highest BCUT2D eigenvalue weighted by Gasteiger charge is 2.16. The Balaban J connectivity index is 1.89. The zero-order chi connectivity index (χ0) is 14.8. The van der Waals surface area contributed by atoms with Gasteiger partial charge in [0.2, 0.25) is 0 Å². The Morgan fingerprint density at radius 2 is 1.90 bits per heavy atom. The largest absolute Gasteiger partial charge is 0.347 e. The molecular weight excluding hydrogens is 260 g/mol. The zero-order valence-corrected chi connectivity index (χ0v) is 13.2. The number of aromatic nitrogens is 1. The molecule has 0 unspecified atom stereocenters. The van der Waals surface area contributed by atoms with Crippen molar-refractivity contribution in [3.8, 4) is 0 Å². The Labute approximate surface area is 127 Å². The molecule has 0 atom stereocenters. The van der Waals surface area contributed by atoms with E-state index >= 15 is 0 Å². The number of fused-ring (bicyclic) bond motifs is 1. The number of hydrogen-bond acceptors (Lipinski definition) is 3. The Morgan fingerprint density at radius 1 is 1.14 bits per heavy atom. The molecule has 2 heterocycles. The summed E-state index contributed by atoms with van der Waals surface area (Å²) in [7, 11) is 2.20. The van der Waals surface area contributed by atoms with Gasteiger partial charge in [-0.15, -0.1) is 0 Å². The molecule has 0 spiro atoms. The van der Waals surface area contributed by atoms with Crippen molar-refractivity contribution in [3.63, 3.8) is 0 Å². The topological polar surface area (TPSA) is 37.4 Å². The summed E-state index contributed by atoms with van der Waals surface area (Å²) in [4.78, 5) is 4.96. The summed E-state index contributed by atoms with van der Waals surface area (Å²) in [6, 6.07) is 6.63. The third-order valence-electron chi connectivity index (χ3n) is 4.59. The third kappa shape index (κ3) is 2.98. The van der Waals surface area contributed by atoms with Gasteiger partial charge in [0.05, 0.1) is 0 Å². The summed E-state index contributed by atoms with van der Waals surface area (Å²) in [6.45, 7) is 9.53. The quantitative estimate of drug-likeness (QED) is 0.932. The van der Waals surface area contributed by atoms with Gasteiger partial charge in [0.15, 0.2) is 0 Å². The van der Waals surface area contributed by atoms with Crippen LogP contribution in [0, 0.1) is 0 Å². The third-order valence-corrected chi connectivity index (χ3v) is 4.59. The van der Waals surface area contributed by atoms with E-state index in [0.29, 0.717) is 6.54 Å². The van der Waals surface area contributed by atoms with Crippen molar-refractivity contribution in [2.24, 2.45) is 5.73 Å². The minimum absolute atomic E-state index is 0.612. The van der Waals surface area contributed by atoms with Crippen LogP contribution in [0.5, 0.6) is 0 Å². The maximum Gasteiger partial charge on any atom is 0.0483 e. The van der Waals surface area contributed by atoms with E-state index in [4.69, 9.17) is 5.73 Å². The van der Waals surface area contributed by atoms with Crippen LogP contribution >= 0.6 is 0 Å². The molecule has 1 fully saturated rings. The molecule has 3 rings (SSSR count). The van der Waals surface area contributed by atoms with Gasteiger partial charge in [0.1, 0.15) is 0 Å². The number of aryl methyl sites for hydroxylation is 1. The van der Waals surface area contributed by atoms with E-state index in [1.165, 1.54) is 35.1 Å². The Morgan fingerprint density at radius 3 is 2.57 bits per heavy atom. The minimum Gasteiger partial charge on any atom is -0.347 e. The second kappa shape index (κ2) is 6.18. The van der Waals surface area contributed by atoms with Crippen molar-refractivity contribution in [1.82, 2.24) is 14.4 Å². The standard InChI is InChI=1S/C17H26N4/c1-3-21-13-15(12-20-8-6-19(2)7-9-20)16-10-14(11-18)4-5-17(16)21/h4-5,10,13H,3,6-9,11-12,18H2,1-2H3. The number of likely N-dealkylation sites (N-methyl/N-ethyl adjacent to an activating group) is 1. The predicted octanol–water partition coefficient (Wildman–Crippen LogP) is 1.87. The van der Waals surface area contributed by atoms with Gasteiger partial charge in [-0.1, -0.05) is 6.07 Å². The number of benzene rings is 1. The molecular formula is C17H26N4. The van der Waals surface area contributed by atoms with Crippen LogP contribution in [0.25, 0.3) is 10.9 Å². The first-order valence-electron chi connectivity index (χ1n) is 7.93. The molecule has 1 aliphatic heterocycles. The van der Waals surface area contributed by atoms with E-state index in [0.717, 1.165) is 26.2 Å². The number of hydrogen-bond donors (Lipinski definition) is 1. The molecule has 21 heavy (non-hydrogen) atoms. The SMILES string of the molecule is CCn1cc(CN2CCN(C)CC2)c2cc(CN)ccc21. The number of nitrogens with zero attached hydrogens (tertiary/aromatic N) is 3. The monoisotopic (exact) mass is 286 g/mol. The molecule has 0 amide bonds. The summed E-state index contributed by atoms with van der Waals surface area (Å²) < 4.78 is 2.35. The van der Waals surface area contributed by atoms with Crippen LogP contribution in [0.15, 0.2) is 24.4 Å². The molecule has 2 N–H and O–H groups in total. The minimum atomic E-state index is 0.612. The first-order valence-corrected chi connectivity index (χ1v) is 7.93. The van der Waals surface area contributed by atoms with E-state index < -0.39 is 0 Å². The van der Waals surface area contributed by atoms with Gasteiger partial charge in [-0.3, -0.25) is 4.90 Å². The van der Waals surface area contributed by atoms with Crippen molar-refractivity contribution in [3.05, 3.63) is 35.5 Å². The molecule has 114 valence electrons. The van der Waals surface area contributed by atoms with Gasteiger partial charge in [-0.05, 0) is 37.2 Å². The van der Waals surface area contributed by atoms with E-state index in [2.05, 4.69) is 52.7 Å². The smallest absolute Gasteiger partial charge is 0.0483 e. The molecule has 1 aliphatic rings. The second-order valence-electron chi connectivity index (χ2n) is 6.08. The highest BCUT2D eigenvalue weighted by atomic mass is 15.2. The molecule has 1 saturated heterocycles. The van der Waals surface area contributed by atoms with Gasteiger partial charge in [-0.2, -0.15) is 0 Å². The van der Waals surface area contributed by atoms with Crippen LogP contribution in [0.3, 0.4) is 0 Å². The fourth-order valence-corrected chi connectivity index (χ4v) is 3.18. The summed E-state index contributed by atoms with van der Waals surface area (Å²) >= 11 is 0. The maximum atomic E-state index is 5.81. The van der Waals surface area contributed by atoms with Crippen LogP contribution < -0.4 is 5.73 Å². The normalized spacial score (nSPS) is 17.7. The van der Waals surface area contributed by atoms with Gasteiger partial charge < -0.3 is 15.2 Å². The summed E-state index contributed by atoms with van der Waals surface area (Å²) in [5.41, 5.74) is 9.79. The molecule has 1 aromatic carbocycles. The summed E-state index contributed by atoms with van der Waals surface area (Å²) in [6.07, 6.45) is 2.32. The first-order chi connectivity index (χ1) is 10.2.